The summed E-state index contributed by atoms with van der Waals surface area (Å²) in [7, 11) is 0. The molecular weight excluding hydrogens is 394 g/mol. The first kappa shape index (κ1) is 21.9. The van der Waals surface area contributed by atoms with E-state index in [1.807, 2.05) is 23.6 Å². The number of benzene rings is 1. The largest absolute Gasteiger partial charge is 0.450 e. The minimum Gasteiger partial charge on any atom is -0.450 e. The summed E-state index contributed by atoms with van der Waals surface area (Å²) in [4.78, 5) is 30.8. The van der Waals surface area contributed by atoms with Gasteiger partial charge in [-0.2, -0.15) is 0 Å². The van der Waals surface area contributed by atoms with Gasteiger partial charge in [0.2, 0.25) is 0 Å². The second-order valence-electron chi connectivity index (χ2n) is 8.95. The molecule has 0 radical (unpaired) electrons. The third kappa shape index (κ3) is 4.52. The fraction of sp³-hybridized carbons (Fsp3) is 0.667. The van der Waals surface area contributed by atoms with Gasteiger partial charge in [0.1, 0.15) is 0 Å². The Hall–Kier alpha value is -2.28. The summed E-state index contributed by atoms with van der Waals surface area (Å²) >= 11 is 0. The van der Waals surface area contributed by atoms with Crippen LogP contribution in [-0.4, -0.2) is 78.9 Å². The van der Waals surface area contributed by atoms with Crippen molar-refractivity contribution in [2.24, 2.45) is 0 Å². The molecule has 170 valence electrons. The van der Waals surface area contributed by atoms with Crippen LogP contribution in [0.15, 0.2) is 24.3 Å². The van der Waals surface area contributed by atoms with E-state index in [0.29, 0.717) is 25.8 Å². The van der Waals surface area contributed by atoms with E-state index in [4.69, 9.17) is 9.47 Å². The van der Waals surface area contributed by atoms with Gasteiger partial charge in [0.15, 0.2) is 0 Å². The summed E-state index contributed by atoms with van der Waals surface area (Å²) in [5.74, 6) is 0. The minimum atomic E-state index is -0.204. The van der Waals surface area contributed by atoms with E-state index < -0.39 is 0 Å². The van der Waals surface area contributed by atoms with Crippen LogP contribution in [0, 0.1) is 0 Å². The van der Waals surface area contributed by atoms with Crippen molar-refractivity contribution < 1.29 is 19.1 Å². The molecule has 3 aliphatic rings. The summed E-state index contributed by atoms with van der Waals surface area (Å²) in [6, 6.07) is 9.11. The van der Waals surface area contributed by atoms with Crippen LogP contribution in [-0.2, 0) is 21.4 Å². The molecule has 2 fully saturated rings. The molecule has 0 aromatic heterocycles. The van der Waals surface area contributed by atoms with Crippen LogP contribution >= 0.6 is 0 Å². The quantitative estimate of drug-likeness (QED) is 0.735. The first-order valence-electron chi connectivity index (χ1n) is 11.7. The van der Waals surface area contributed by atoms with Crippen molar-refractivity contribution in [3.05, 3.63) is 35.4 Å². The molecule has 1 spiro atoms. The summed E-state index contributed by atoms with van der Waals surface area (Å²) in [6.07, 6.45) is 3.69. The number of piperidine rings is 2. The van der Waals surface area contributed by atoms with Crippen LogP contribution in [0.3, 0.4) is 0 Å². The van der Waals surface area contributed by atoms with Gasteiger partial charge in [0.05, 0.1) is 13.2 Å². The monoisotopic (exact) mass is 429 g/mol. The van der Waals surface area contributed by atoms with E-state index >= 15 is 0 Å². The van der Waals surface area contributed by atoms with Crippen molar-refractivity contribution in [2.45, 2.75) is 57.5 Å². The molecule has 7 heteroatoms. The fourth-order valence-electron chi connectivity index (χ4n) is 5.60. The van der Waals surface area contributed by atoms with Gasteiger partial charge in [0.25, 0.3) is 0 Å². The number of carbonyl (C=O) groups excluding carboxylic acids is 2. The van der Waals surface area contributed by atoms with Gasteiger partial charge in [-0.1, -0.05) is 24.3 Å². The number of nitrogens with zero attached hydrogens (tertiary/aromatic N) is 3. The van der Waals surface area contributed by atoms with E-state index in [0.717, 1.165) is 58.4 Å². The molecule has 1 aromatic carbocycles. The molecule has 0 aliphatic carbocycles. The molecule has 0 atom stereocenters. The molecular formula is C24H35N3O4. The number of hydrogen-bond donors (Lipinski definition) is 0. The maximum absolute atomic E-state index is 12.5. The van der Waals surface area contributed by atoms with Crippen LogP contribution in [0.1, 0.15) is 50.7 Å². The van der Waals surface area contributed by atoms with E-state index in [2.05, 4.69) is 29.2 Å². The highest BCUT2D eigenvalue weighted by Crippen LogP contribution is 2.42. The molecule has 3 aliphatic heterocycles. The van der Waals surface area contributed by atoms with Crippen molar-refractivity contribution in [3.63, 3.8) is 0 Å². The molecule has 0 bridgehead atoms. The smallest absolute Gasteiger partial charge is 0.410 e. The van der Waals surface area contributed by atoms with E-state index in [-0.39, 0.29) is 17.6 Å². The Bertz CT molecular complexity index is 783. The normalized spacial score (nSPS) is 21.6. The van der Waals surface area contributed by atoms with Gasteiger partial charge in [-0.05, 0) is 63.7 Å². The zero-order valence-electron chi connectivity index (χ0n) is 18.8. The summed E-state index contributed by atoms with van der Waals surface area (Å²) in [5, 5.41) is 0. The van der Waals surface area contributed by atoms with Crippen molar-refractivity contribution in [3.8, 4) is 0 Å². The SMILES string of the molecule is CCOC(=O)N1CCC(N2CCC3(CC2)CN(C(=O)OCC)Cc2ccccc23)CC1. The van der Waals surface area contributed by atoms with Crippen molar-refractivity contribution in [1.29, 1.82) is 0 Å². The van der Waals surface area contributed by atoms with Crippen LogP contribution < -0.4 is 0 Å². The summed E-state index contributed by atoms with van der Waals surface area (Å²) in [5.41, 5.74) is 2.66. The van der Waals surface area contributed by atoms with Crippen molar-refractivity contribution in [2.75, 3.05) is 45.9 Å². The minimum absolute atomic E-state index is 0.00371. The summed E-state index contributed by atoms with van der Waals surface area (Å²) < 4.78 is 10.5. The Morgan fingerprint density at radius 3 is 2.19 bits per heavy atom. The average molecular weight is 430 g/mol. The molecule has 3 heterocycles. The number of likely N-dealkylation sites (tertiary alicyclic amines) is 2. The second-order valence-corrected chi connectivity index (χ2v) is 8.95. The third-order valence-electron chi connectivity index (χ3n) is 7.23. The Morgan fingerprint density at radius 1 is 0.935 bits per heavy atom. The van der Waals surface area contributed by atoms with Crippen LogP contribution in [0.25, 0.3) is 0 Å². The predicted molar refractivity (Wildman–Crippen MR) is 118 cm³/mol. The molecule has 0 saturated carbocycles. The molecule has 2 saturated heterocycles. The first-order valence-corrected chi connectivity index (χ1v) is 11.7. The fourth-order valence-corrected chi connectivity index (χ4v) is 5.60. The second kappa shape index (κ2) is 9.47. The highest BCUT2D eigenvalue weighted by atomic mass is 16.6. The number of fused-ring (bicyclic) bond motifs is 2. The highest BCUT2D eigenvalue weighted by molar-refractivity contribution is 5.69. The summed E-state index contributed by atoms with van der Waals surface area (Å²) in [6.45, 7) is 9.49. The van der Waals surface area contributed by atoms with Gasteiger partial charge in [-0.25, -0.2) is 9.59 Å². The maximum atomic E-state index is 12.5. The topological polar surface area (TPSA) is 62.3 Å². The van der Waals surface area contributed by atoms with E-state index in [1.54, 1.807) is 0 Å². The maximum Gasteiger partial charge on any atom is 0.410 e. The molecule has 4 rings (SSSR count). The first-order chi connectivity index (χ1) is 15.1. The lowest BCUT2D eigenvalue weighted by molar-refractivity contribution is 0.0387. The molecule has 1 aromatic rings. The number of rotatable bonds is 3. The molecule has 0 unspecified atom stereocenters. The van der Waals surface area contributed by atoms with Gasteiger partial charge in [-0.3, -0.25) is 0 Å². The number of ether oxygens (including phenoxy) is 2. The zero-order valence-corrected chi connectivity index (χ0v) is 18.8. The Balaban J connectivity index is 1.41. The molecule has 7 nitrogen and oxygen atoms in total. The van der Waals surface area contributed by atoms with Crippen molar-refractivity contribution >= 4 is 12.2 Å². The molecule has 2 amide bonds. The number of carbonyl (C=O) groups is 2. The van der Waals surface area contributed by atoms with Crippen LogP contribution in [0.4, 0.5) is 9.59 Å². The van der Waals surface area contributed by atoms with E-state index in [9.17, 15) is 9.59 Å². The molecule has 31 heavy (non-hydrogen) atoms. The Kier molecular flexibility index (Phi) is 6.70. The van der Waals surface area contributed by atoms with E-state index in [1.165, 1.54) is 11.1 Å². The zero-order chi connectivity index (χ0) is 21.8. The average Bonchev–Trinajstić information content (AvgIpc) is 2.80. The Morgan fingerprint density at radius 2 is 1.55 bits per heavy atom. The van der Waals surface area contributed by atoms with Crippen LogP contribution in [0.5, 0.6) is 0 Å². The molecule has 0 N–H and O–H groups in total. The van der Waals surface area contributed by atoms with Gasteiger partial charge >= 0.3 is 12.2 Å². The van der Waals surface area contributed by atoms with Crippen LogP contribution in [0.2, 0.25) is 0 Å². The number of amides is 2. The highest BCUT2D eigenvalue weighted by Gasteiger charge is 2.44. The predicted octanol–water partition coefficient (Wildman–Crippen LogP) is 3.61. The number of hydrogen-bond acceptors (Lipinski definition) is 5. The Labute approximate surface area is 185 Å². The third-order valence-corrected chi connectivity index (χ3v) is 7.23. The van der Waals surface area contributed by atoms with Gasteiger partial charge < -0.3 is 24.2 Å². The van der Waals surface area contributed by atoms with Gasteiger partial charge in [0, 0.05) is 37.6 Å². The van der Waals surface area contributed by atoms with Crippen molar-refractivity contribution in [1.82, 2.24) is 14.7 Å². The standard InChI is InChI=1S/C24H35N3O4/c1-3-30-22(28)26-13-9-20(10-14-26)25-15-11-24(12-16-25)18-27(23(29)31-4-2)17-19-7-5-6-8-21(19)24/h5-8,20H,3-4,9-18H2,1-2H3. The lowest BCUT2D eigenvalue weighted by Crippen LogP contribution is -2.56. The van der Waals surface area contributed by atoms with Gasteiger partial charge in [-0.15, -0.1) is 0 Å². The lowest BCUT2D eigenvalue weighted by atomic mass is 9.68. The lowest BCUT2D eigenvalue weighted by Gasteiger charge is -2.50.